The first kappa shape index (κ1) is 12.5. The summed E-state index contributed by atoms with van der Waals surface area (Å²) in [6.45, 7) is 2.01. The van der Waals surface area contributed by atoms with Crippen LogP contribution in [0.25, 0.3) is 10.9 Å². The number of benzene rings is 1. The van der Waals surface area contributed by atoms with Crippen LogP contribution in [-0.4, -0.2) is 11.0 Å². The number of H-pyrrole nitrogens is 1. The molecule has 3 rings (SSSR count). The van der Waals surface area contributed by atoms with E-state index in [9.17, 15) is 4.79 Å². The number of carbonyl (C=O) groups excluding carboxylic acids is 1. The number of urea groups is 1. The Labute approximate surface area is 117 Å². The van der Waals surface area contributed by atoms with Gasteiger partial charge in [0.2, 0.25) is 0 Å². The smallest absolute Gasteiger partial charge is 0.323 e. The van der Waals surface area contributed by atoms with Gasteiger partial charge >= 0.3 is 6.03 Å². The maximum absolute atomic E-state index is 12.0. The van der Waals surface area contributed by atoms with Gasteiger partial charge in [-0.2, -0.15) is 0 Å². The highest BCUT2D eigenvalue weighted by atomic mass is 16.2. The molecule has 1 aliphatic rings. The monoisotopic (exact) mass is 267 g/mol. The van der Waals surface area contributed by atoms with E-state index in [4.69, 9.17) is 0 Å². The number of hydrogen-bond donors (Lipinski definition) is 3. The molecule has 2 amide bonds. The van der Waals surface area contributed by atoms with E-state index in [0.717, 1.165) is 40.7 Å². The molecule has 0 bridgehead atoms. The van der Waals surface area contributed by atoms with Crippen molar-refractivity contribution >= 4 is 22.6 Å². The van der Waals surface area contributed by atoms with Crippen molar-refractivity contribution in [3.63, 3.8) is 0 Å². The molecular weight excluding hydrogens is 250 g/mol. The summed E-state index contributed by atoms with van der Waals surface area (Å²) in [5.74, 6) is 0. The summed E-state index contributed by atoms with van der Waals surface area (Å²) in [7, 11) is 0. The predicted molar refractivity (Wildman–Crippen MR) is 81.5 cm³/mol. The maximum Gasteiger partial charge on any atom is 0.323 e. The van der Waals surface area contributed by atoms with E-state index in [1.165, 1.54) is 0 Å². The van der Waals surface area contributed by atoms with Crippen LogP contribution in [0, 0.1) is 0 Å². The highest BCUT2D eigenvalue weighted by Crippen LogP contribution is 2.19. The topological polar surface area (TPSA) is 56.9 Å². The van der Waals surface area contributed by atoms with E-state index in [1.54, 1.807) is 0 Å². The lowest BCUT2D eigenvalue weighted by molar-refractivity contribution is 0.254. The second-order valence-electron chi connectivity index (χ2n) is 4.94. The summed E-state index contributed by atoms with van der Waals surface area (Å²) < 4.78 is 0. The van der Waals surface area contributed by atoms with Crippen molar-refractivity contribution in [3.05, 3.63) is 53.9 Å². The molecule has 0 radical (unpaired) electrons. The Balaban J connectivity index is 1.69. The van der Waals surface area contributed by atoms with Gasteiger partial charge in [0.25, 0.3) is 0 Å². The molecule has 20 heavy (non-hydrogen) atoms. The number of carbonyl (C=O) groups is 1. The molecule has 102 valence electrons. The number of aromatic amines is 1. The number of hydrogen-bond acceptors (Lipinski definition) is 1. The van der Waals surface area contributed by atoms with Crippen LogP contribution < -0.4 is 10.6 Å². The molecule has 0 fully saturated rings. The van der Waals surface area contributed by atoms with Gasteiger partial charge in [-0.15, -0.1) is 0 Å². The van der Waals surface area contributed by atoms with Crippen LogP contribution in [0.5, 0.6) is 0 Å². The van der Waals surface area contributed by atoms with Crippen LogP contribution in [0.15, 0.2) is 53.9 Å². The van der Waals surface area contributed by atoms with E-state index in [1.807, 2.05) is 37.4 Å². The molecule has 0 aliphatic heterocycles. The molecule has 1 aromatic carbocycles. The van der Waals surface area contributed by atoms with Gasteiger partial charge in [0, 0.05) is 28.5 Å². The van der Waals surface area contributed by atoms with Gasteiger partial charge < -0.3 is 15.6 Å². The Kier molecular flexibility index (Phi) is 3.29. The number of rotatable bonds is 2. The number of anilines is 1. The van der Waals surface area contributed by atoms with Crippen molar-refractivity contribution in [1.29, 1.82) is 0 Å². The molecule has 0 spiro atoms. The van der Waals surface area contributed by atoms with Crippen molar-refractivity contribution in [3.8, 4) is 0 Å². The molecule has 0 saturated heterocycles. The van der Waals surface area contributed by atoms with Gasteiger partial charge in [0.05, 0.1) is 0 Å². The second-order valence-corrected chi connectivity index (χ2v) is 4.94. The lowest BCUT2D eigenvalue weighted by atomic mass is 10.1. The minimum atomic E-state index is -0.208. The zero-order valence-corrected chi connectivity index (χ0v) is 11.4. The third kappa shape index (κ3) is 2.59. The standard InChI is InChI=1S/C16H17N3O/c1-11-4-2-3-5-14(11)19-16(20)18-13-6-7-15-12(10-13)8-9-17-15/h4-10,17H,2-3H2,1H3,(H2,18,19,20). The lowest BCUT2D eigenvalue weighted by Crippen LogP contribution is -2.29. The van der Waals surface area contributed by atoms with Gasteiger partial charge in [-0.05, 0) is 49.6 Å². The quantitative estimate of drug-likeness (QED) is 0.759. The average molecular weight is 267 g/mol. The summed E-state index contributed by atoms with van der Waals surface area (Å²) in [6, 6.07) is 7.56. The fourth-order valence-corrected chi connectivity index (χ4v) is 2.36. The highest BCUT2D eigenvalue weighted by Gasteiger charge is 2.09. The van der Waals surface area contributed by atoms with E-state index in [2.05, 4.69) is 27.8 Å². The van der Waals surface area contributed by atoms with Crippen molar-refractivity contribution in [2.45, 2.75) is 19.8 Å². The third-order valence-electron chi connectivity index (χ3n) is 3.45. The van der Waals surface area contributed by atoms with Crippen molar-refractivity contribution < 1.29 is 4.79 Å². The lowest BCUT2D eigenvalue weighted by Gasteiger charge is -2.14. The number of aromatic nitrogens is 1. The fraction of sp³-hybridized carbons (Fsp3) is 0.188. The minimum Gasteiger partial charge on any atom is -0.361 e. The molecule has 0 unspecified atom stereocenters. The first-order valence-corrected chi connectivity index (χ1v) is 6.75. The zero-order valence-electron chi connectivity index (χ0n) is 11.4. The summed E-state index contributed by atoms with van der Waals surface area (Å²) in [5, 5.41) is 6.83. The number of amides is 2. The zero-order chi connectivity index (χ0) is 13.9. The van der Waals surface area contributed by atoms with Crippen LogP contribution in [0.1, 0.15) is 19.8 Å². The fourth-order valence-electron chi connectivity index (χ4n) is 2.36. The Morgan fingerprint density at radius 2 is 2.00 bits per heavy atom. The molecule has 4 nitrogen and oxygen atoms in total. The molecule has 2 aromatic rings. The van der Waals surface area contributed by atoms with Crippen molar-refractivity contribution in [2.75, 3.05) is 5.32 Å². The Hall–Kier alpha value is -2.49. The van der Waals surface area contributed by atoms with Crippen LogP contribution >= 0.6 is 0 Å². The van der Waals surface area contributed by atoms with Gasteiger partial charge in [-0.1, -0.05) is 12.2 Å². The maximum atomic E-state index is 12.0. The SMILES string of the molecule is CC1=CCCC=C1NC(=O)Nc1ccc2[nH]ccc2c1. The van der Waals surface area contributed by atoms with Crippen molar-refractivity contribution in [2.24, 2.45) is 0 Å². The second kappa shape index (κ2) is 5.25. The molecule has 1 aliphatic carbocycles. The largest absolute Gasteiger partial charge is 0.361 e. The van der Waals surface area contributed by atoms with Crippen LogP contribution in [-0.2, 0) is 0 Å². The van der Waals surface area contributed by atoms with Gasteiger partial charge in [0.1, 0.15) is 0 Å². The van der Waals surface area contributed by atoms with E-state index in [-0.39, 0.29) is 6.03 Å². The Morgan fingerprint density at radius 3 is 2.85 bits per heavy atom. The summed E-state index contributed by atoms with van der Waals surface area (Å²) in [4.78, 5) is 15.1. The number of nitrogens with one attached hydrogen (secondary N) is 3. The van der Waals surface area contributed by atoms with Crippen molar-refractivity contribution in [1.82, 2.24) is 10.3 Å². The van der Waals surface area contributed by atoms with Gasteiger partial charge in [0.15, 0.2) is 0 Å². The number of allylic oxidation sites excluding steroid dienone is 3. The average Bonchev–Trinajstić information content (AvgIpc) is 2.89. The summed E-state index contributed by atoms with van der Waals surface area (Å²) >= 11 is 0. The summed E-state index contributed by atoms with van der Waals surface area (Å²) in [6.07, 6.45) is 8.10. The van der Waals surface area contributed by atoms with Gasteiger partial charge in [-0.3, -0.25) is 0 Å². The number of fused-ring (bicyclic) bond motifs is 1. The first-order chi connectivity index (χ1) is 9.72. The van der Waals surface area contributed by atoms with Crippen LogP contribution in [0.2, 0.25) is 0 Å². The Bertz CT molecular complexity index is 709. The van der Waals surface area contributed by atoms with E-state index < -0.39 is 0 Å². The van der Waals surface area contributed by atoms with E-state index >= 15 is 0 Å². The molecular formula is C16H17N3O. The first-order valence-electron chi connectivity index (χ1n) is 6.75. The molecule has 4 heteroatoms. The molecule has 3 N–H and O–H groups in total. The normalized spacial score (nSPS) is 14.7. The minimum absolute atomic E-state index is 0.208. The molecule has 0 saturated carbocycles. The van der Waals surface area contributed by atoms with Gasteiger partial charge in [-0.25, -0.2) is 4.79 Å². The van der Waals surface area contributed by atoms with Crippen LogP contribution in [0.4, 0.5) is 10.5 Å². The van der Waals surface area contributed by atoms with Crippen LogP contribution in [0.3, 0.4) is 0 Å². The Morgan fingerprint density at radius 1 is 1.15 bits per heavy atom. The molecule has 1 aromatic heterocycles. The summed E-state index contributed by atoms with van der Waals surface area (Å²) in [5.41, 5.74) is 3.86. The molecule has 1 heterocycles. The predicted octanol–water partition coefficient (Wildman–Crippen LogP) is 3.91. The highest BCUT2D eigenvalue weighted by molar-refractivity contribution is 5.93. The van der Waals surface area contributed by atoms with E-state index in [0.29, 0.717) is 0 Å². The third-order valence-corrected chi connectivity index (χ3v) is 3.45. The molecule has 0 atom stereocenters.